The van der Waals surface area contributed by atoms with Crippen molar-refractivity contribution in [1.29, 1.82) is 0 Å². The van der Waals surface area contributed by atoms with Gasteiger partial charge in [0.1, 0.15) is 10.7 Å². The van der Waals surface area contributed by atoms with Gasteiger partial charge < -0.3 is 10.0 Å². The van der Waals surface area contributed by atoms with Gasteiger partial charge in [0.25, 0.3) is 0 Å². The number of aromatic nitrogens is 1. The highest BCUT2D eigenvalue weighted by Gasteiger charge is 2.31. The summed E-state index contributed by atoms with van der Waals surface area (Å²) in [7, 11) is -3.48. The lowest BCUT2D eigenvalue weighted by Crippen LogP contribution is -2.39. The highest BCUT2D eigenvalue weighted by atomic mass is 32.2. The second-order valence-corrected chi connectivity index (χ2v) is 8.31. The largest absolute Gasteiger partial charge is 0.396 e. The lowest BCUT2D eigenvalue weighted by molar-refractivity contribution is 0.202. The van der Waals surface area contributed by atoms with E-state index in [0.29, 0.717) is 29.7 Å². The third kappa shape index (κ3) is 3.51. The molecule has 2 saturated heterocycles. The van der Waals surface area contributed by atoms with Crippen molar-refractivity contribution in [1.82, 2.24) is 9.29 Å². The van der Waals surface area contributed by atoms with Gasteiger partial charge in [0, 0.05) is 39.0 Å². The van der Waals surface area contributed by atoms with Gasteiger partial charge in [0.05, 0.1) is 0 Å². The molecule has 0 unspecified atom stereocenters. The summed E-state index contributed by atoms with van der Waals surface area (Å²) in [5.74, 6) is 0.881. The Morgan fingerprint density at radius 2 is 1.83 bits per heavy atom. The molecule has 0 aliphatic carbocycles. The van der Waals surface area contributed by atoms with E-state index >= 15 is 0 Å². The molecule has 0 aromatic carbocycles. The van der Waals surface area contributed by atoms with E-state index in [9.17, 15) is 13.5 Å². The quantitative estimate of drug-likeness (QED) is 0.899. The molecule has 128 valence electrons. The third-order valence-corrected chi connectivity index (χ3v) is 6.78. The third-order valence-electron chi connectivity index (χ3n) is 4.86. The Morgan fingerprint density at radius 3 is 2.48 bits per heavy atom. The number of aliphatic hydroxyl groups is 1. The topological polar surface area (TPSA) is 73.7 Å². The molecule has 1 N–H and O–H groups in total. The molecule has 2 fully saturated rings. The van der Waals surface area contributed by atoms with Crippen LogP contribution < -0.4 is 4.90 Å². The van der Waals surface area contributed by atoms with Crippen molar-refractivity contribution in [3.05, 3.63) is 18.3 Å². The highest BCUT2D eigenvalue weighted by Crippen LogP contribution is 2.30. The SMILES string of the molecule is O=S(=O)(c1cccnc1N1CCC(CO)CC1)N1CCCCC1. The van der Waals surface area contributed by atoms with Crippen molar-refractivity contribution in [3.8, 4) is 0 Å². The van der Waals surface area contributed by atoms with Crippen LogP contribution >= 0.6 is 0 Å². The van der Waals surface area contributed by atoms with Crippen molar-refractivity contribution in [2.24, 2.45) is 5.92 Å². The average Bonchev–Trinajstić information content (AvgIpc) is 2.62. The van der Waals surface area contributed by atoms with Crippen LogP contribution in [0.1, 0.15) is 32.1 Å². The van der Waals surface area contributed by atoms with Crippen molar-refractivity contribution >= 4 is 15.8 Å². The summed E-state index contributed by atoms with van der Waals surface area (Å²) in [6, 6.07) is 3.37. The molecule has 1 aromatic rings. The lowest BCUT2D eigenvalue weighted by atomic mass is 9.98. The number of hydrogen-bond donors (Lipinski definition) is 1. The highest BCUT2D eigenvalue weighted by molar-refractivity contribution is 7.89. The van der Waals surface area contributed by atoms with E-state index in [4.69, 9.17) is 0 Å². The van der Waals surface area contributed by atoms with Gasteiger partial charge in [0.15, 0.2) is 0 Å². The summed E-state index contributed by atoms with van der Waals surface area (Å²) in [6.45, 7) is 2.89. The Bertz CT molecular complexity index is 621. The molecule has 0 amide bonds. The molecule has 0 spiro atoms. The van der Waals surface area contributed by atoms with Crippen LogP contribution in [0.2, 0.25) is 0 Å². The maximum absolute atomic E-state index is 13.0. The first-order chi connectivity index (χ1) is 11.1. The predicted octanol–water partition coefficient (Wildman–Crippen LogP) is 1.46. The number of hydrogen-bond acceptors (Lipinski definition) is 5. The van der Waals surface area contributed by atoms with Gasteiger partial charge in [-0.25, -0.2) is 13.4 Å². The Kier molecular flexibility index (Phi) is 5.18. The predicted molar refractivity (Wildman–Crippen MR) is 88.9 cm³/mol. The number of aliphatic hydroxyl groups excluding tert-OH is 1. The number of sulfonamides is 1. The van der Waals surface area contributed by atoms with Crippen LogP contribution in [0.3, 0.4) is 0 Å². The first kappa shape index (κ1) is 16.7. The summed E-state index contributed by atoms with van der Waals surface area (Å²) >= 11 is 0. The van der Waals surface area contributed by atoms with Crippen LogP contribution in [-0.4, -0.2) is 55.6 Å². The maximum Gasteiger partial charge on any atom is 0.246 e. The fourth-order valence-corrected chi connectivity index (χ4v) is 5.07. The Labute approximate surface area is 138 Å². The molecule has 3 heterocycles. The van der Waals surface area contributed by atoms with Crippen molar-refractivity contribution < 1.29 is 13.5 Å². The van der Waals surface area contributed by atoms with E-state index in [-0.39, 0.29) is 6.61 Å². The van der Waals surface area contributed by atoms with Crippen LogP contribution in [0.4, 0.5) is 5.82 Å². The molecule has 0 saturated carbocycles. The van der Waals surface area contributed by atoms with Crippen molar-refractivity contribution in [3.63, 3.8) is 0 Å². The molecule has 7 heteroatoms. The van der Waals surface area contributed by atoms with Crippen molar-refractivity contribution in [2.75, 3.05) is 37.7 Å². The molecular weight excluding hydrogens is 314 g/mol. The number of rotatable bonds is 4. The van der Waals surface area contributed by atoms with Crippen molar-refractivity contribution in [2.45, 2.75) is 37.0 Å². The summed E-state index contributed by atoms with van der Waals surface area (Å²) < 4.78 is 27.6. The standard InChI is InChI=1S/C16H25N3O3S/c20-13-14-6-11-18(12-7-14)16-15(5-4-8-17-16)23(21,22)19-9-2-1-3-10-19/h4-5,8,14,20H,1-3,6-7,9-13H2. The fourth-order valence-electron chi connectivity index (χ4n) is 3.39. The van der Waals surface area contributed by atoms with Crippen LogP contribution in [-0.2, 0) is 10.0 Å². The number of pyridine rings is 1. The van der Waals surface area contributed by atoms with E-state index in [1.54, 1.807) is 22.6 Å². The zero-order chi connectivity index (χ0) is 16.3. The van der Waals surface area contributed by atoms with E-state index in [2.05, 4.69) is 4.98 Å². The average molecular weight is 339 g/mol. The van der Waals surface area contributed by atoms with Crippen LogP contribution in [0, 0.1) is 5.92 Å². The molecule has 0 atom stereocenters. The van der Waals surface area contributed by atoms with E-state index in [1.807, 2.05) is 4.90 Å². The molecule has 3 rings (SSSR count). The Morgan fingerprint density at radius 1 is 1.13 bits per heavy atom. The zero-order valence-electron chi connectivity index (χ0n) is 13.4. The zero-order valence-corrected chi connectivity index (χ0v) is 14.2. The monoisotopic (exact) mass is 339 g/mol. The van der Waals surface area contributed by atoms with Gasteiger partial charge in [-0.05, 0) is 43.7 Å². The van der Waals surface area contributed by atoms with Gasteiger partial charge in [0.2, 0.25) is 10.0 Å². The van der Waals surface area contributed by atoms with Gasteiger partial charge >= 0.3 is 0 Å². The molecule has 1 aromatic heterocycles. The van der Waals surface area contributed by atoms with Gasteiger partial charge in [-0.1, -0.05) is 6.42 Å². The Hall–Kier alpha value is -1.18. The molecule has 2 aliphatic rings. The van der Waals surface area contributed by atoms with E-state index < -0.39 is 10.0 Å². The molecule has 0 radical (unpaired) electrons. The normalized spacial score (nSPS) is 21.5. The molecule has 6 nitrogen and oxygen atoms in total. The lowest BCUT2D eigenvalue weighted by Gasteiger charge is -2.34. The summed E-state index contributed by atoms with van der Waals surface area (Å²) in [5, 5.41) is 9.27. The Balaban J connectivity index is 1.86. The summed E-state index contributed by atoms with van der Waals surface area (Å²) in [4.78, 5) is 6.74. The van der Waals surface area contributed by atoms with E-state index in [1.165, 1.54) is 0 Å². The van der Waals surface area contributed by atoms with Gasteiger partial charge in [-0.3, -0.25) is 0 Å². The summed E-state index contributed by atoms with van der Waals surface area (Å²) in [5.41, 5.74) is 0. The second-order valence-electron chi connectivity index (χ2n) is 6.40. The van der Waals surface area contributed by atoms with Gasteiger partial charge in [-0.15, -0.1) is 0 Å². The maximum atomic E-state index is 13.0. The van der Waals surface area contributed by atoms with E-state index in [0.717, 1.165) is 45.2 Å². The molecule has 23 heavy (non-hydrogen) atoms. The van der Waals surface area contributed by atoms with Crippen LogP contribution in [0.25, 0.3) is 0 Å². The first-order valence-corrected chi connectivity index (χ1v) is 9.88. The number of anilines is 1. The van der Waals surface area contributed by atoms with Crippen LogP contribution in [0.15, 0.2) is 23.2 Å². The fraction of sp³-hybridized carbons (Fsp3) is 0.688. The minimum atomic E-state index is -3.48. The molecular formula is C16H25N3O3S. The number of nitrogens with zero attached hydrogens (tertiary/aromatic N) is 3. The second kappa shape index (κ2) is 7.15. The minimum Gasteiger partial charge on any atom is -0.396 e. The first-order valence-electron chi connectivity index (χ1n) is 8.44. The molecule has 0 bridgehead atoms. The minimum absolute atomic E-state index is 0.203. The van der Waals surface area contributed by atoms with Gasteiger partial charge in [-0.2, -0.15) is 4.31 Å². The number of piperidine rings is 2. The summed E-state index contributed by atoms with van der Waals surface area (Å²) in [6.07, 6.45) is 6.35. The van der Waals surface area contributed by atoms with Crippen LogP contribution in [0.5, 0.6) is 0 Å². The smallest absolute Gasteiger partial charge is 0.246 e. The molecule has 2 aliphatic heterocycles.